The summed E-state index contributed by atoms with van der Waals surface area (Å²) >= 11 is 0. The molecule has 4 nitrogen and oxygen atoms in total. The molecule has 0 aliphatic rings. The van der Waals surface area contributed by atoms with Crippen LogP contribution in [-0.2, 0) is 0 Å². The van der Waals surface area contributed by atoms with Gasteiger partial charge >= 0.3 is 0 Å². The molecule has 0 N–H and O–H groups in total. The van der Waals surface area contributed by atoms with E-state index in [0.717, 1.165) is 77.8 Å². The minimum absolute atomic E-state index is 0.926. The molecule has 51 heavy (non-hydrogen) atoms. The Bertz CT molecular complexity index is 3020. The highest BCUT2D eigenvalue weighted by Gasteiger charge is 2.18. The normalized spacial score (nSPS) is 11.6. The molecule has 3 aromatic heterocycles. The molecule has 0 fully saturated rings. The molecule has 10 aromatic rings. The number of benzene rings is 6. The number of imidazole rings is 2. The molecule has 240 valence electrons. The summed E-state index contributed by atoms with van der Waals surface area (Å²) in [7, 11) is 0. The number of para-hydroxylation sites is 4. The molecule has 0 atom stereocenters. The van der Waals surface area contributed by atoms with E-state index in [2.05, 4.69) is 180 Å². The summed E-state index contributed by atoms with van der Waals surface area (Å²) in [5.74, 6) is 0.926. The highest BCUT2D eigenvalue weighted by molar-refractivity contribution is 6.17. The third-order valence-electron chi connectivity index (χ3n) is 10.1. The molecule has 0 radical (unpaired) electrons. The number of fused-ring (bicyclic) bond motifs is 11. The quantitative estimate of drug-likeness (QED) is 0.178. The van der Waals surface area contributed by atoms with Crippen LogP contribution in [0.5, 0.6) is 0 Å². The average Bonchev–Trinajstić information content (AvgIpc) is 3.79. The van der Waals surface area contributed by atoms with Crippen LogP contribution in [0.25, 0.3) is 88.4 Å². The van der Waals surface area contributed by atoms with Crippen molar-refractivity contribution in [3.63, 3.8) is 0 Å². The van der Waals surface area contributed by atoms with Crippen molar-refractivity contribution in [1.29, 1.82) is 0 Å². The molecule has 3 heterocycles. The smallest absolute Gasteiger partial charge is 0.146 e. The molecule has 0 bridgehead atoms. The lowest BCUT2D eigenvalue weighted by Gasteiger charge is -2.12. The largest absolute Gasteiger partial charge is 0.292 e. The topological polar surface area (TPSA) is 35.1 Å². The predicted molar refractivity (Wildman–Crippen MR) is 213 cm³/mol. The molecule has 10 rings (SSSR count). The van der Waals surface area contributed by atoms with Gasteiger partial charge in [-0.3, -0.25) is 8.97 Å². The van der Waals surface area contributed by atoms with Gasteiger partial charge in [0.25, 0.3) is 0 Å². The molecule has 0 amide bonds. The Balaban J connectivity index is 1.21. The van der Waals surface area contributed by atoms with Crippen LogP contribution < -0.4 is 0 Å². The summed E-state index contributed by atoms with van der Waals surface area (Å²) < 4.78 is 4.63. The molecular formula is C47H32N4. The van der Waals surface area contributed by atoms with E-state index in [1.54, 1.807) is 0 Å². The fourth-order valence-corrected chi connectivity index (χ4v) is 7.63. The van der Waals surface area contributed by atoms with Crippen LogP contribution in [-0.4, -0.2) is 18.9 Å². The van der Waals surface area contributed by atoms with Crippen molar-refractivity contribution in [2.75, 3.05) is 0 Å². The zero-order valence-electron chi connectivity index (χ0n) is 28.0. The van der Waals surface area contributed by atoms with Crippen LogP contribution in [0.2, 0.25) is 0 Å². The number of rotatable bonds is 3. The molecule has 0 aliphatic carbocycles. The van der Waals surface area contributed by atoms with E-state index >= 15 is 0 Å². The van der Waals surface area contributed by atoms with Gasteiger partial charge in [-0.15, -0.1) is 0 Å². The summed E-state index contributed by atoms with van der Waals surface area (Å²) in [6, 6.07) is 62.4. The van der Waals surface area contributed by atoms with Crippen LogP contribution in [0.15, 0.2) is 176 Å². The number of hydrogen-bond acceptors (Lipinski definition) is 2. The van der Waals surface area contributed by atoms with Gasteiger partial charge in [-0.2, -0.15) is 0 Å². The summed E-state index contributed by atoms with van der Waals surface area (Å²) in [5, 5.41) is 5.85. The zero-order valence-corrected chi connectivity index (χ0v) is 28.0. The molecule has 0 aliphatic heterocycles. The Morgan fingerprint density at radius 1 is 0.451 bits per heavy atom. The van der Waals surface area contributed by atoms with Crippen LogP contribution in [0.1, 0.15) is 5.56 Å². The predicted octanol–water partition coefficient (Wildman–Crippen LogP) is 12.1. The summed E-state index contributed by atoms with van der Waals surface area (Å²) in [4.78, 5) is 10.5. The van der Waals surface area contributed by atoms with Gasteiger partial charge in [0, 0.05) is 27.4 Å². The van der Waals surface area contributed by atoms with Crippen molar-refractivity contribution in [1.82, 2.24) is 18.9 Å². The molecule has 4 heteroatoms. The SMILES string of the molecule is Cc1cccccc2ccccc2c2c1nc1c3cc(-c4ccc(-c5nc6ccccc6n5-c5ccccc5)cc4)ccc3c3ccccc3n12. The minimum Gasteiger partial charge on any atom is -0.292 e. The lowest BCUT2D eigenvalue weighted by molar-refractivity contribution is 1.10. The fourth-order valence-electron chi connectivity index (χ4n) is 7.63. The van der Waals surface area contributed by atoms with Crippen LogP contribution >= 0.6 is 0 Å². The zero-order chi connectivity index (χ0) is 33.9. The second kappa shape index (κ2) is 11.7. The van der Waals surface area contributed by atoms with Crippen molar-refractivity contribution in [3.8, 4) is 28.2 Å². The summed E-state index contributed by atoms with van der Waals surface area (Å²) in [5.41, 5.74) is 11.9. The van der Waals surface area contributed by atoms with Crippen molar-refractivity contribution in [2.24, 2.45) is 0 Å². The fraction of sp³-hybridized carbons (Fsp3) is 0.0213. The number of aryl methyl sites for hydroxylation is 1. The summed E-state index contributed by atoms with van der Waals surface area (Å²) in [6.07, 6.45) is 0. The molecule has 0 spiro atoms. The van der Waals surface area contributed by atoms with Crippen molar-refractivity contribution >= 4 is 60.2 Å². The van der Waals surface area contributed by atoms with E-state index in [-0.39, 0.29) is 0 Å². The van der Waals surface area contributed by atoms with Crippen molar-refractivity contribution in [3.05, 3.63) is 181 Å². The molecule has 0 unspecified atom stereocenters. The molecule has 0 saturated heterocycles. The van der Waals surface area contributed by atoms with Gasteiger partial charge in [0.2, 0.25) is 0 Å². The first kappa shape index (κ1) is 29.2. The third-order valence-corrected chi connectivity index (χ3v) is 10.1. The maximum absolute atomic E-state index is 5.46. The second-order valence-corrected chi connectivity index (χ2v) is 13.1. The van der Waals surface area contributed by atoms with Crippen molar-refractivity contribution in [2.45, 2.75) is 6.92 Å². The van der Waals surface area contributed by atoms with Gasteiger partial charge < -0.3 is 0 Å². The maximum atomic E-state index is 5.46. The van der Waals surface area contributed by atoms with Gasteiger partial charge in [-0.05, 0) is 70.8 Å². The first-order valence-electron chi connectivity index (χ1n) is 17.3. The van der Waals surface area contributed by atoms with E-state index in [1.807, 2.05) is 12.1 Å². The highest BCUT2D eigenvalue weighted by Crippen LogP contribution is 2.37. The van der Waals surface area contributed by atoms with Crippen molar-refractivity contribution < 1.29 is 0 Å². The Hall–Kier alpha value is -6.78. The molecular weight excluding hydrogens is 621 g/mol. The van der Waals surface area contributed by atoms with E-state index < -0.39 is 0 Å². The van der Waals surface area contributed by atoms with Crippen LogP contribution in [0.3, 0.4) is 0 Å². The summed E-state index contributed by atoms with van der Waals surface area (Å²) in [6.45, 7) is 2.16. The highest BCUT2D eigenvalue weighted by atomic mass is 15.1. The number of aromatic nitrogens is 4. The lowest BCUT2D eigenvalue weighted by atomic mass is 9.98. The van der Waals surface area contributed by atoms with Gasteiger partial charge in [0.05, 0.1) is 27.6 Å². The van der Waals surface area contributed by atoms with Gasteiger partial charge in [-0.25, -0.2) is 9.97 Å². The van der Waals surface area contributed by atoms with E-state index in [9.17, 15) is 0 Å². The van der Waals surface area contributed by atoms with E-state index in [4.69, 9.17) is 9.97 Å². The maximum Gasteiger partial charge on any atom is 0.146 e. The minimum atomic E-state index is 0.926. The Kier molecular flexibility index (Phi) is 6.68. The standard InChI is InChI=1S/C47H32N4/c1-31-14-4-2-5-15-33-16-8-9-19-37(33)45-44(31)49-47-40-30-35(28-29-38(40)39-20-10-12-22-42(39)51(45)47)32-24-26-34(27-25-32)46-48-41-21-11-13-23-43(41)50(46)36-17-6-3-7-18-36/h2-30H,1H3. The molecule has 0 saturated carbocycles. The van der Waals surface area contributed by atoms with Crippen LogP contribution in [0.4, 0.5) is 0 Å². The Morgan fingerprint density at radius 3 is 1.90 bits per heavy atom. The first-order chi connectivity index (χ1) is 25.2. The monoisotopic (exact) mass is 652 g/mol. The second-order valence-electron chi connectivity index (χ2n) is 13.1. The van der Waals surface area contributed by atoms with Gasteiger partial charge in [0.1, 0.15) is 11.5 Å². The number of pyridine rings is 1. The first-order valence-corrected chi connectivity index (χ1v) is 17.3. The lowest BCUT2D eigenvalue weighted by Crippen LogP contribution is -1.97. The molecule has 7 aromatic carbocycles. The van der Waals surface area contributed by atoms with E-state index in [1.165, 1.54) is 16.2 Å². The van der Waals surface area contributed by atoms with Gasteiger partial charge in [0.15, 0.2) is 0 Å². The Morgan fingerprint density at radius 2 is 1.08 bits per heavy atom. The van der Waals surface area contributed by atoms with Gasteiger partial charge in [-0.1, -0.05) is 140 Å². The number of hydrogen-bond donors (Lipinski definition) is 0. The average molecular weight is 653 g/mol. The van der Waals surface area contributed by atoms with E-state index in [0.29, 0.717) is 0 Å². The third kappa shape index (κ3) is 4.68. The number of nitrogens with zero attached hydrogens (tertiary/aromatic N) is 4. The Labute approximate surface area is 294 Å². The van der Waals surface area contributed by atoms with Crippen LogP contribution in [0, 0.1) is 6.92 Å².